The topological polar surface area (TPSA) is 114 Å². The van der Waals surface area contributed by atoms with Gasteiger partial charge in [0.05, 0.1) is 11.5 Å². The Hall–Kier alpha value is -3.86. The van der Waals surface area contributed by atoms with E-state index in [2.05, 4.69) is 5.32 Å². The van der Waals surface area contributed by atoms with Crippen LogP contribution in [0.15, 0.2) is 48.0 Å². The minimum atomic E-state index is -0.457. The molecule has 0 aliphatic rings. The number of non-ortho nitro benzene ring substituents is 1. The second kappa shape index (κ2) is 10.6. The molecule has 1 amide bonds. The van der Waals surface area contributed by atoms with Gasteiger partial charge in [0.2, 0.25) is 0 Å². The van der Waals surface area contributed by atoms with E-state index in [-0.39, 0.29) is 23.9 Å². The lowest BCUT2D eigenvalue weighted by Gasteiger charge is -2.13. The van der Waals surface area contributed by atoms with Crippen molar-refractivity contribution >= 4 is 17.7 Å². The summed E-state index contributed by atoms with van der Waals surface area (Å²) >= 11 is 0. The first-order chi connectivity index (χ1) is 14.3. The molecule has 156 valence electrons. The summed E-state index contributed by atoms with van der Waals surface area (Å²) in [6, 6.07) is 13.0. The Morgan fingerprint density at radius 2 is 1.90 bits per heavy atom. The molecule has 1 N–H and O–H groups in total. The van der Waals surface area contributed by atoms with Crippen LogP contribution >= 0.6 is 0 Å². The Bertz CT molecular complexity index is 975. The van der Waals surface area contributed by atoms with E-state index in [9.17, 15) is 20.2 Å². The van der Waals surface area contributed by atoms with Crippen molar-refractivity contribution in [3.05, 3.63) is 69.3 Å². The van der Waals surface area contributed by atoms with E-state index in [1.807, 2.05) is 26.8 Å². The predicted molar refractivity (Wildman–Crippen MR) is 112 cm³/mol. The minimum Gasteiger partial charge on any atom is -0.490 e. The number of nitro groups is 1. The lowest BCUT2D eigenvalue weighted by Crippen LogP contribution is -2.30. The number of carbonyl (C=O) groups excluding carboxylic acids is 1. The van der Waals surface area contributed by atoms with Gasteiger partial charge in [0, 0.05) is 18.2 Å². The number of carbonyl (C=O) groups is 1. The number of nitrogens with zero attached hydrogens (tertiary/aromatic N) is 2. The van der Waals surface area contributed by atoms with Crippen molar-refractivity contribution in [1.82, 2.24) is 5.32 Å². The molecule has 0 spiro atoms. The van der Waals surface area contributed by atoms with Gasteiger partial charge in [0.1, 0.15) is 18.2 Å². The fraction of sp³-hybridized carbons (Fsp3) is 0.273. The number of nitro benzene ring substituents is 1. The number of benzene rings is 2. The third-order valence-electron chi connectivity index (χ3n) is 3.90. The van der Waals surface area contributed by atoms with E-state index in [1.165, 1.54) is 18.2 Å². The van der Waals surface area contributed by atoms with Crippen LogP contribution in [0.4, 0.5) is 5.69 Å². The third-order valence-corrected chi connectivity index (χ3v) is 3.90. The molecule has 2 rings (SSSR count). The van der Waals surface area contributed by atoms with Crippen LogP contribution in [0.25, 0.3) is 6.08 Å². The van der Waals surface area contributed by atoms with Crippen LogP contribution in [0.3, 0.4) is 0 Å². The molecule has 8 heteroatoms. The third kappa shape index (κ3) is 6.34. The van der Waals surface area contributed by atoms with Crippen LogP contribution in [-0.4, -0.2) is 23.5 Å². The first-order valence-electron chi connectivity index (χ1n) is 9.39. The maximum Gasteiger partial charge on any atom is 0.269 e. The van der Waals surface area contributed by atoms with Crippen molar-refractivity contribution in [1.29, 1.82) is 5.26 Å². The summed E-state index contributed by atoms with van der Waals surface area (Å²) in [5, 5.41) is 22.7. The summed E-state index contributed by atoms with van der Waals surface area (Å²) in [6.45, 7) is 6.07. The second-order valence-electron chi connectivity index (χ2n) is 6.65. The van der Waals surface area contributed by atoms with Gasteiger partial charge in [-0.3, -0.25) is 14.9 Å². The van der Waals surface area contributed by atoms with Gasteiger partial charge in [0.15, 0.2) is 11.5 Å². The van der Waals surface area contributed by atoms with E-state index >= 15 is 0 Å². The zero-order chi connectivity index (χ0) is 22.1. The fourth-order valence-electron chi connectivity index (χ4n) is 2.53. The summed E-state index contributed by atoms with van der Waals surface area (Å²) in [7, 11) is 0. The summed E-state index contributed by atoms with van der Waals surface area (Å²) < 4.78 is 11.4. The molecule has 0 saturated heterocycles. The molecule has 0 aromatic heterocycles. The van der Waals surface area contributed by atoms with Crippen LogP contribution < -0.4 is 14.8 Å². The summed E-state index contributed by atoms with van der Waals surface area (Å²) in [6.07, 6.45) is 1.49. The molecule has 0 atom stereocenters. The van der Waals surface area contributed by atoms with Gasteiger partial charge < -0.3 is 14.8 Å². The maximum atomic E-state index is 12.1. The van der Waals surface area contributed by atoms with Crippen molar-refractivity contribution in [2.75, 3.05) is 6.61 Å². The Kier molecular flexibility index (Phi) is 7.94. The molecule has 2 aromatic rings. The van der Waals surface area contributed by atoms with Crippen LogP contribution in [0, 0.1) is 21.4 Å². The average Bonchev–Trinajstić information content (AvgIpc) is 2.71. The Balaban J connectivity index is 2.19. The predicted octanol–water partition coefficient (Wildman–Crippen LogP) is 4.00. The average molecular weight is 409 g/mol. The molecule has 0 radical (unpaired) electrons. The van der Waals surface area contributed by atoms with E-state index < -0.39 is 10.8 Å². The molecule has 0 aliphatic carbocycles. The fourth-order valence-corrected chi connectivity index (χ4v) is 2.53. The number of rotatable bonds is 9. The SMILES string of the molecule is CCOc1cc(/C=C(/C#N)C(=O)NC(C)C)ccc1OCc1ccc([N+](=O)[O-])cc1. The second-order valence-corrected chi connectivity index (χ2v) is 6.65. The van der Waals surface area contributed by atoms with Gasteiger partial charge >= 0.3 is 0 Å². The normalized spacial score (nSPS) is 11.0. The van der Waals surface area contributed by atoms with Gasteiger partial charge in [-0.25, -0.2) is 0 Å². The van der Waals surface area contributed by atoms with Crippen LogP contribution in [0.5, 0.6) is 11.5 Å². The van der Waals surface area contributed by atoms with Crippen molar-refractivity contribution in [2.45, 2.75) is 33.4 Å². The molecule has 0 aliphatic heterocycles. The first-order valence-corrected chi connectivity index (χ1v) is 9.39. The quantitative estimate of drug-likeness (QED) is 0.290. The Labute approximate surface area is 174 Å². The maximum absolute atomic E-state index is 12.1. The van der Waals surface area contributed by atoms with Crippen molar-refractivity contribution in [2.24, 2.45) is 0 Å². The van der Waals surface area contributed by atoms with E-state index in [0.29, 0.717) is 23.7 Å². The Morgan fingerprint density at radius 3 is 2.47 bits per heavy atom. The lowest BCUT2D eigenvalue weighted by atomic mass is 10.1. The largest absolute Gasteiger partial charge is 0.490 e. The van der Waals surface area contributed by atoms with Crippen molar-refractivity contribution in [3.8, 4) is 17.6 Å². The number of amides is 1. The molecular formula is C22H23N3O5. The molecular weight excluding hydrogens is 386 g/mol. The molecule has 0 unspecified atom stereocenters. The standard InChI is InChI=1S/C22H23N3O5/c1-4-29-21-12-17(11-18(13-23)22(26)24-15(2)3)7-10-20(21)30-14-16-5-8-19(9-6-16)25(27)28/h5-12,15H,4,14H2,1-3H3,(H,24,26)/b18-11-. The smallest absolute Gasteiger partial charge is 0.269 e. The molecule has 8 nitrogen and oxygen atoms in total. The van der Waals surface area contributed by atoms with Crippen LogP contribution in [0.2, 0.25) is 0 Å². The number of nitriles is 1. The van der Waals surface area contributed by atoms with Gasteiger partial charge in [-0.15, -0.1) is 0 Å². The van der Waals surface area contributed by atoms with Gasteiger partial charge in [0.25, 0.3) is 11.6 Å². The number of hydrogen-bond donors (Lipinski definition) is 1. The molecule has 2 aromatic carbocycles. The lowest BCUT2D eigenvalue weighted by molar-refractivity contribution is -0.384. The highest BCUT2D eigenvalue weighted by Crippen LogP contribution is 2.30. The summed E-state index contributed by atoms with van der Waals surface area (Å²) in [5.41, 5.74) is 1.39. The molecule has 0 saturated carbocycles. The van der Waals surface area contributed by atoms with E-state index in [0.717, 1.165) is 5.56 Å². The summed E-state index contributed by atoms with van der Waals surface area (Å²) in [4.78, 5) is 22.4. The highest BCUT2D eigenvalue weighted by atomic mass is 16.6. The zero-order valence-electron chi connectivity index (χ0n) is 17.0. The highest BCUT2D eigenvalue weighted by Gasteiger charge is 2.12. The van der Waals surface area contributed by atoms with E-state index in [4.69, 9.17) is 9.47 Å². The van der Waals surface area contributed by atoms with Crippen LogP contribution in [-0.2, 0) is 11.4 Å². The van der Waals surface area contributed by atoms with Gasteiger partial charge in [-0.05, 0) is 62.2 Å². The first kappa shape index (κ1) is 22.4. The molecule has 30 heavy (non-hydrogen) atoms. The Morgan fingerprint density at radius 1 is 1.20 bits per heavy atom. The number of hydrogen-bond acceptors (Lipinski definition) is 6. The van der Waals surface area contributed by atoms with Crippen molar-refractivity contribution < 1.29 is 19.2 Å². The molecule has 0 bridgehead atoms. The highest BCUT2D eigenvalue weighted by molar-refractivity contribution is 6.01. The number of ether oxygens (including phenoxy) is 2. The van der Waals surface area contributed by atoms with Gasteiger partial charge in [-0.2, -0.15) is 5.26 Å². The number of nitrogens with one attached hydrogen (secondary N) is 1. The minimum absolute atomic E-state index is 0.00861. The zero-order valence-corrected chi connectivity index (χ0v) is 17.0. The van der Waals surface area contributed by atoms with Gasteiger partial charge in [-0.1, -0.05) is 6.07 Å². The van der Waals surface area contributed by atoms with Crippen LogP contribution in [0.1, 0.15) is 31.9 Å². The molecule has 0 heterocycles. The van der Waals surface area contributed by atoms with Crippen molar-refractivity contribution in [3.63, 3.8) is 0 Å². The molecule has 0 fully saturated rings. The van der Waals surface area contributed by atoms with E-state index in [1.54, 1.807) is 30.3 Å². The monoisotopic (exact) mass is 409 g/mol. The summed E-state index contributed by atoms with van der Waals surface area (Å²) in [5.74, 6) is 0.510.